The Labute approximate surface area is 198 Å². The quantitative estimate of drug-likeness (QED) is 0.480. The third kappa shape index (κ3) is 5.18. The molecule has 7 nitrogen and oxygen atoms in total. The number of carbonyl (C=O) groups is 1. The van der Waals surface area contributed by atoms with Crippen molar-refractivity contribution in [3.63, 3.8) is 0 Å². The summed E-state index contributed by atoms with van der Waals surface area (Å²) >= 11 is 12.1. The van der Waals surface area contributed by atoms with Crippen molar-refractivity contribution in [2.24, 2.45) is 5.16 Å². The molecule has 3 aromatic rings. The lowest BCUT2D eigenvalue weighted by Crippen LogP contribution is -2.32. The van der Waals surface area contributed by atoms with Gasteiger partial charge in [0.25, 0.3) is 5.91 Å². The van der Waals surface area contributed by atoms with Crippen molar-refractivity contribution in [3.8, 4) is 11.5 Å². The van der Waals surface area contributed by atoms with Crippen LogP contribution in [0.3, 0.4) is 0 Å². The van der Waals surface area contributed by atoms with Gasteiger partial charge in [-0.1, -0.05) is 40.5 Å². The number of benzene rings is 2. The number of amides is 1. The van der Waals surface area contributed by atoms with Gasteiger partial charge in [-0.15, -0.1) is 0 Å². The van der Waals surface area contributed by atoms with Crippen molar-refractivity contribution in [2.45, 2.75) is 18.9 Å². The van der Waals surface area contributed by atoms with Crippen LogP contribution >= 0.6 is 23.2 Å². The number of phenols is 1. The molecule has 170 valence electrons. The van der Waals surface area contributed by atoms with Crippen LogP contribution in [-0.4, -0.2) is 33.9 Å². The normalized spacial score (nSPS) is 17.3. The van der Waals surface area contributed by atoms with Gasteiger partial charge in [-0.05, 0) is 37.3 Å². The molecule has 0 saturated carbocycles. The number of nitrogens with one attached hydrogen (secondary N) is 1. The Kier molecular flexibility index (Phi) is 6.40. The zero-order chi connectivity index (χ0) is 23.6. The molecule has 1 amide bonds. The first-order chi connectivity index (χ1) is 15.7. The average Bonchev–Trinajstić information content (AvgIpc) is 3.18. The molecular formula is C23H18Cl2FN3O4. The van der Waals surface area contributed by atoms with E-state index in [0.717, 1.165) is 0 Å². The van der Waals surface area contributed by atoms with Gasteiger partial charge in [0.15, 0.2) is 17.1 Å². The van der Waals surface area contributed by atoms with E-state index in [-0.39, 0.29) is 45.2 Å². The van der Waals surface area contributed by atoms with Crippen LogP contribution in [0.25, 0.3) is 0 Å². The van der Waals surface area contributed by atoms with E-state index in [0.29, 0.717) is 17.7 Å². The van der Waals surface area contributed by atoms with Crippen LogP contribution in [0.2, 0.25) is 10.0 Å². The molecule has 4 rings (SSSR count). The van der Waals surface area contributed by atoms with Crippen LogP contribution in [0, 0.1) is 5.82 Å². The third-order valence-corrected chi connectivity index (χ3v) is 5.50. The van der Waals surface area contributed by atoms with Crippen molar-refractivity contribution in [1.29, 1.82) is 0 Å². The summed E-state index contributed by atoms with van der Waals surface area (Å²) in [6.45, 7) is 1.81. The van der Waals surface area contributed by atoms with Crippen LogP contribution in [0.15, 0.2) is 60.0 Å². The second kappa shape index (κ2) is 9.25. The number of aromatic hydroxyl groups is 1. The molecule has 1 aromatic heterocycles. The van der Waals surface area contributed by atoms with Crippen LogP contribution < -0.4 is 10.1 Å². The number of carbonyl (C=O) groups excluding carboxylic acids is 1. The Balaban J connectivity index is 1.44. The molecule has 0 aliphatic carbocycles. The molecule has 0 fully saturated rings. The van der Waals surface area contributed by atoms with Gasteiger partial charge in [-0.2, -0.15) is 0 Å². The van der Waals surface area contributed by atoms with E-state index in [1.165, 1.54) is 42.7 Å². The average molecular weight is 490 g/mol. The maximum Gasteiger partial charge on any atom is 0.255 e. The molecule has 2 N–H and O–H groups in total. The maximum absolute atomic E-state index is 13.5. The van der Waals surface area contributed by atoms with Gasteiger partial charge >= 0.3 is 0 Å². The zero-order valence-electron chi connectivity index (χ0n) is 17.3. The number of rotatable bonds is 6. The highest BCUT2D eigenvalue weighted by molar-refractivity contribution is 6.39. The summed E-state index contributed by atoms with van der Waals surface area (Å²) in [6.07, 6.45) is 3.09. The molecule has 0 bridgehead atoms. The molecule has 10 heteroatoms. The highest BCUT2D eigenvalue weighted by Gasteiger charge is 2.36. The first-order valence-corrected chi connectivity index (χ1v) is 10.6. The smallest absolute Gasteiger partial charge is 0.255 e. The topological polar surface area (TPSA) is 93.0 Å². The highest BCUT2D eigenvalue weighted by atomic mass is 35.5. The van der Waals surface area contributed by atoms with E-state index in [1.54, 1.807) is 19.1 Å². The minimum atomic E-state index is -0.843. The minimum Gasteiger partial charge on any atom is -0.504 e. The lowest BCUT2D eigenvalue weighted by Gasteiger charge is -2.22. The number of ether oxygens (including phenoxy) is 1. The van der Waals surface area contributed by atoms with E-state index in [9.17, 15) is 14.3 Å². The first kappa shape index (κ1) is 22.8. The van der Waals surface area contributed by atoms with Gasteiger partial charge in [0.1, 0.15) is 12.4 Å². The number of oxime groups is 1. The number of nitrogens with zero attached hydrogens (tertiary/aromatic N) is 2. The van der Waals surface area contributed by atoms with Crippen molar-refractivity contribution in [2.75, 3.05) is 11.9 Å². The van der Waals surface area contributed by atoms with E-state index < -0.39 is 11.5 Å². The number of hydrogen-bond donors (Lipinski definition) is 2. The molecule has 1 aliphatic rings. The van der Waals surface area contributed by atoms with E-state index in [1.807, 2.05) is 0 Å². The molecule has 2 heterocycles. The number of aromatic nitrogens is 1. The zero-order valence-corrected chi connectivity index (χ0v) is 18.8. The second-order valence-electron chi connectivity index (χ2n) is 7.67. The number of anilines is 1. The molecule has 1 aliphatic heterocycles. The molecule has 33 heavy (non-hydrogen) atoms. The SMILES string of the molecule is CC1(COc2cc(C(=O)Nc3c(Cl)cncc3Cl)ccc2O)CC(c2cccc(F)c2)=NO1. The molecule has 0 saturated heterocycles. The predicted octanol–water partition coefficient (Wildman–Crippen LogP) is 5.45. The largest absolute Gasteiger partial charge is 0.504 e. The van der Waals surface area contributed by atoms with Gasteiger partial charge in [0.05, 0.1) is 21.4 Å². The molecular weight excluding hydrogens is 472 g/mol. The van der Waals surface area contributed by atoms with Gasteiger partial charge in [0, 0.05) is 29.9 Å². The van der Waals surface area contributed by atoms with E-state index in [4.69, 9.17) is 32.8 Å². The molecule has 2 aromatic carbocycles. The summed E-state index contributed by atoms with van der Waals surface area (Å²) in [5.41, 5.74) is 0.797. The standard InChI is InChI=1S/C23H18Cl2FN3O4/c1-23(9-18(29-33-23)13-3-2-4-15(26)7-13)12-32-20-8-14(5-6-19(20)30)22(31)28-21-16(24)10-27-11-17(21)25/h2-8,10-11,30H,9,12H2,1H3,(H,27,28,31). The van der Waals surface area contributed by atoms with Crippen LogP contribution in [-0.2, 0) is 4.84 Å². The Morgan fingerprint density at radius 3 is 2.73 bits per heavy atom. The predicted molar refractivity (Wildman–Crippen MR) is 123 cm³/mol. The van der Waals surface area contributed by atoms with Crippen molar-refractivity contribution in [3.05, 3.63) is 81.8 Å². The highest BCUT2D eigenvalue weighted by Crippen LogP contribution is 2.33. The van der Waals surface area contributed by atoms with Crippen LogP contribution in [0.4, 0.5) is 10.1 Å². The van der Waals surface area contributed by atoms with Gasteiger partial charge in [-0.3, -0.25) is 9.78 Å². The lowest BCUT2D eigenvalue weighted by molar-refractivity contribution is -0.0361. The Bertz CT molecular complexity index is 1230. The molecule has 1 atom stereocenters. The van der Waals surface area contributed by atoms with E-state index >= 15 is 0 Å². The number of halogens is 3. The van der Waals surface area contributed by atoms with Crippen molar-refractivity contribution < 1.29 is 23.9 Å². The fraction of sp³-hybridized carbons (Fsp3) is 0.174. The van der Waals surface area contributed by atoms with Crippen LogP contribution in [0.1, 0.15) is 29.3 Å². The monoisotopic (exact) mass is 489 g/mol. The third-order valence-electron chi connectivity index (χ3n) is 4.92. The van der Waals surface area contributed by atoms with Crippen LogP contribution in [0.5, 0.6) is 11.5 Å². The summed E-state index contributed by atoms with van der Waals surface area (Å²) in [6, 6.07) is 10.2. The van der Waals surface area contributed by atoms with Gasteiger partial charge in [-0.25, -0.2) is 4.39 Å². The van der Waals surface area contributed by atoms with Gasteiger partial charge < -0.3 is 20.0 Å². The number of hydrogen-bond acceptors (Lipinski definition) is 6. The summed E-state index contributed by atoms with van der Waals surface area (Å²) in [5.74, 6) is -0.942. The maximum atomic E-state index is 13.5. The lowest BCUT2D eigenvalue weighted by atomic mass is 9.96. The first-order valence-electron chi connectivity index (χ1n) is 9.81. The minimum absolute atomic E-state index is 0.0238. The fourth-order valence-corrected chi connectivity index (χ4v) is 3.66. The number of phenolic OH excluding ortho intramolecular Hbond substituents is 1. The molecule has 1 unspecified atom stereocenters. The summed E-state index contributed by atoms with van der Waals surface area (Å²) in [7, 11) is 0. The summed E-state index contributed by atoms with van der Waals surface area (Å²) in [4.78, 5) is 22.0. The Morgan fingerprint density at radius 2 is 2.00 bits per heavy atom. The fourth-order valence-electron chi connectivity index (χ4n) is 3.20. The molecule has 0 spiro atoms. The van der Waals surface area contributed by atoms with Gasteiger partial charge in [0.2, 0.25) is 0 Å². The second-order valence-corrected chi connectivity index (χ2v) is 8.48. The van der Waals surface area contributed by atoms with Crippen molar-refractivity contribution >= 4 is 40.5 Å². The number of pyridine rings is 1. The van der Waals surface area contributed by atoms with Crippen molar-refractivity contribution in [1.82, 2.24) is 4.98 Å². The Morgan fingerprint density at radius 1 is 1.24 bits per heavy atom. The Hall–Kier alpha value is -3.36. The summed E-state index contributed by atoms with van der Waals surface area (Å²) in [5, 5.41) is 17.2. The van der Waals surface area contributed by atoms with E-state index in [2.05, 4.69) is 15.5 Å². The molecule has 0 radical (unpaired) electrons. The summed E-state index contributed by atoms with van der Waals surface area (Å²) < 4.78 is 19.3.